The minimum atomic E-state index is -4.18. The monoisotopic (exact) mass is 466 g/mol. The number of benzene rings is 2. The highest BCUT2D eigenvalue weighted by molar-refractivity contribution is 7.92. The van der Waals surface area contributed by atoms with Crippen LogP contribution in [-0.2, 0) is 17.1 Å². The van der Waals surface area contributed by atoms with Crippen molar-refractivity contribution < 1.29 is 8.42 Å². The molecule has 0 radical (unpaired) electrons. The maximum absolute atomic E-state index is 12.8. The Morgan fingerprint density at radius 1 is 1.00 bits per heavy atom. The summed E-state index contributed by atoms with van der Waals surface area (Å²) < 4.78 is 30.9. The lowest BCUT2D eigenvalue weighted by atomic mass is 10.2. The SMILES string of the molecule is Cn1c(-c2ccccc2)nc2nc(S(=O)(=O)Nc3c(Cl)cccc3Cl)nn2c1=S. The van der Waals surface area contributed by atoms with E-state index in [4.69, 9.17) is 35.4 Å². The van der Waals surface area contributed by atoms with Crippen LogP contribution in [0.3, 0.4) is 0 Å². The highest BCUT2D eigenvalue weighted by Crippen LogP contribution is 2.31. The van der Waals surface area contributed by atoms with Gasteiger partial charge in [-0.2, -0.15) is 22.9 Å². The molecule has 0 aliphatic heterocycles. The van der Waals surface area contributed by atoms with Gasteiger partial charge in [0.05, 0.1) is 15.7 Å². The first kappa shape index (κ1) is 19.8. The van der Waals surface area contributed by atoms with E-state index in [-0.39, 0.29) is 26.3 Å². The Bertz CT molecular complexity index is 1380. The van der Waals surface area contributed by atoms with Gasteiger partial charge in [-0.05, 0) is 24.4 Å². The molecule has 1 N–H and O–H groups in total. The minimum Gasteiger partial charge on any atom is -0.304 e. The van der Waals surface area contributed by atoms with Crippen molar-refractivity contribution in [3.05, 3.63) is 63.3 Å². The van der Waals surface area contributed by atoms with Crippen LogP contribution >= 0.6 is 35.4 Å². The van der Waals surface area contributed by atoms with Gasteiger partial charge in [-0.25, -0.2) is 0 Å². The van der Waals surface area contributed by atoms with Crippen LogP contribution in [0.5, 0.6) is 0 Å². The predicted octanol–water partition coefficient (Wildman–Crippen LogP) is 3.97. The van der Waals surface area contributed by atoms with E-state index >= 15 is 0 Å². The summed E-state index contributed by atoms with van der Waals surface area (Å²) in [6.07, 6.45) is 0. The summed E-state index contributed by atoms with van der Waals surface area (Å²) in [6.45, 7) is 0. The van der Waals surface area contributed by atoms with Gasteiger partial charge in [0.25, 0.3) is 21.0 Å². The first-order valence-electron chi connectivity index (χ1n) is 8.14. The first-order chi connectivity index (χ1) is 13.8. The van der Waals surface area contributed by atoms with Crippen molar-refractivity contribution >= 4 is 56.9 Å². The van der Waals surface area contributed by atoms with Crippen LogP contribution < -0.4 is 4.72 Å². The van der Waals surface area contributed by atoms with E-state index in [9.17, 15) is 8.42 Å². The Hall–Kier alpha value is -2.53. The van der Waals surface area contributed by atoms with Gasteiger partial charge in [0.2, 0.25) is 4.77 Å². The smallest absolute Gasteiger partial charge is 0.299 e. The number of aromatic nitrogens is 5. The Morgan fingerprint density at radius 3 is 2.31 bits per heavy atom. The molecule has 0 bridgehead atoms. The fourth-order valence-corrected chi connectivity index (χ4v) is 4.41. The number of halogens is 2. The third kappa shape index (κ3) is 3.60. The Morgan fingerprint density at radius 2 is 1.66 bits per heavy atom. The fourth-order valence-electron chi connectivity index (χ4n) is 2.62. The fraction of sp³-hybridized carbons (Fsp3) is 0.0588. The number of nitrogens with one attached hydrogen (secondary N) is 1. The van der Waals surface area contributed by atoms with Gasteiger partial charge in [0.1, 0.15) is 5.82 Å². The molecule has 0 spiro atoms. The van der Waals surface area contributed by atoms with Crippen molar-refractivity contribution in [3.63, 3.8) is 0 Å². The molecule has 4 rings (SSSR count). The molecule has 0 unspecified atom stereocenters. The number of para-hydroxylation sites is 1. The third-order valence-corrected chi connectivity index (χ3v) is 6.24. The van der Waals surface area contributed by atoms with Crippen molar-refractivity contribution in [2.75, 3.05) is 4.72 Å². The second-order valence-electron chi connectivity index (χ2n) is 5.95. The molecule has 8 nitrogen and oxygen atoms in total. The molecule has 29 heavy (non-hydrogen) atoms. The normalized spacial score (nSPS) is 11.7. The van der Waals surface area contributed by atoms with E-state index in [2.05, 4.69) is 19.8 Å². The van der Waals surface area contributed by atoms with E-state index in [1.165, 1.54) is 16.6 Å². The van der Waals surface area contributed by atoms with E-state index in [0.29, 0.717) is 5.82 Å². The van der Waals surface area contributed by atoms with Gasteiger partial charge < -0.3 is 4.57 Å². The third-order valence-electron chi connectivity index (χ3n) is 4.03. The number of fused-ring (bicyclic) bond motifs is 1. The summed E-state index contributed by atoms with van der Waals surface area (Å²) >= 11 is 17.5. The molecule has 0 saturated carbocycles. The van der Waals surface area contributed by atoms with E-state index < -0.39 is 15.2 Å². The number of sulfonamides is 1. The highest BCUT2D eigenvalue weighted by Gasteiger charge is 2.24. The van der Waals surface area contributed by atoms with Gasteiger partial charge in [-0.3, -0.25) is 4.72 Å². The number of hydrogen-bond donors (Lipinski definition) is 1. The number of hydrogen-bond acceptors (Lipinski definition) is 6. The van der Waals surface area contributed by atoms with Crippen LogP contribution in [0.4, 0.5) is 5.69 Å². The number of nitrogens with zero attached hydrogens (tertiary/aromatic N) is 5. The molecule has 2 heterocycles. The molecule has 4 aromatic rings. The summed E-state index contributed by atoms with van der Waals surface area (Å²) in [4.78, 5) is 8.48. The molecule has 0 atom stereocenters. The summed E-state index contributed by atoms with van der Waals surface area (Å²) in [5.41, 5.74) is 0.841. The van der Waals surface area contributed by atoms with Crippen molar-refractivity contribution in [1.29, 1.82) is 0 Å². The highest BCUT2D eigenvalue weighted by atomic mass is 35.5. The molecule has 0 aliphatic carbocycles. The zero-order chi connectivity index (χ0) is 20.8. The molecule has 0 aliphatic rings. The maximum atomic E-state index is 12.8. The van der Waals surface area contributed by atoms with Crippen LogP contribution in [0.15, 0.2) is 53.7 Å². The maximum Gasteiger partial charge on any atom is 0.299 e. The second-order valence-corrected chi connectivity index (χ2v) is 8.71. The van der Waals surface area contributed by atoms with Crippen LogP contribution in [0.25, 0.3) is 17.2 Å². The predicted molar refractivity (Wildman–Crippen MR) is 113 cm³/mol. The zero-order valence-electron chi connectivity index (χ0n) is 14.7. The van der Waals surface area contributed by atoms with Crippen molar-refractivity contribution in [2.45, 2.75) is 5.16 Å². The van der Waals surface area contributed by atoms with Crippen LogP contribution in [0.1, 0.15) is 0 Å². The standard InChI is InChI=1S/C17H12Cl2N6O2S2/c1-24-14(10-6-3-2-4-7-10)20-15-21-16(22-25(15)17(24)28)29(26,27)23-13-11(18)8-5-9-12(13)19/h2-9,23H,1H3. The lowest BCUT2D eigenvalue weighted by molar-refractivity contribution is 0.591. The molecule has 0 saturated heterocycles. The van der Waals surface area contributed by atoms with Gasteiger partial charge >= 0.3 is 0 Å². The van der Waals surface area contributed by atoms with Crippen LogP contribution in [0.2, 0.25) is 10.0 Å². The summed E-state index contributed by atoms with van der Waals surface area (Å²) in [5, 5.41) is 3.80. The molecule has 0 fully saturated rings. The summed E-state index contributed by atoms with van der Waals surface area (Å²) in [5.74, 6) is 0.583. The van der Waals surface area contributed by atoms with Gasteiger partial charge in [0.15, 0.2) is 0 Å². The van der Waals surface area contributed by atoms with E-state index in [1.54, 1.807) is 17.7 Å². The lowest BCUT2D eigenvalue weighted by Gasteiger charge is -2.08. The zero-order valence-corrected chi connectivity index (χ0v) is 17.9. The number of anilines is 1. The Labute approximate surface area is 180 Å². The molecule has 0 amide bonds. The minimum absolute atomic E-state index is 0.0387. The number of rotatable bonds is 4. The molecule has 2 aromatic carbocycles. The Kier molecular flexibility index (Phi) is 5.03. The van der Waals surface area contributed by atoms with Crippen molar-refractivity contribution in [3.8, 4) is 11.4 Å². The van der Waals surface area contributed by atoms with E-state index in [0.717, 1.165) is 5.56 Å². The quantitative estimate of drug-likeness (QED) is 0.457. The topological polar surface area (TPSA) is 94.2 Å². The largest absolute Gasteiger partial charge is 0.304 e. The lowest BCUT2D eigenvalue weighted by Crippen LogP contribution is -2.15. The average Bonchev–Trinajstić information content (AvgIpc) is 3.14. The Balaban J connectivity index is 1.84. The van der Waals surface area contributed by atoms with Crippen LogP contribution in [-0.4, -0.2) is 32.6 Å². The van der Waals surface area contributed by atoms with Gasteiger partial charge in [0, 0.05) is 12.6 Å². The molecule has 2 aromatic heterocycles. The van der Waals surface area contributed by atoms with Crippen LogP contribution in [0, 0.1) is 4.77 Å². The van der Waals surface area contributed by atoms with Crippen molar-refractivity contribution in [2.24, 2.45) is 7.05 Å². The van der Waals surface area contributed by atoms with Gasteiger partial charge in [-0.15, -0.1) is 5.10 Å². The molecule has 12 heteroatoms. The van der Waals surface area contributed by atoms with Crippen molar-refractivity contribution in [1.82, 2.24) is 24.1 Å². The second kappa shape index (κ2) is 7.38. The van der Waals surface area contributed by atoms with Gasteiger partial charge in [-0.1, -0.05) is 59.6 Å². The molecular formula is C17H12Cl2N6O2S2. The molecule has 148 valence electrons. The average molecular weight is 467 g/mol. The van der Waals surface area contributed by atoms with E-state index in [1.807, 2.05) is 30.3 Å². The molecular weight excluding hydrogens is 455 g/mol. The first-order valence-corrected chi connectivity index (χ1v) is 10.8. The summed E-state index contributed by atoms with van der Waals surface area (Å²) in [7, 11) is -2.47. The summed E-state index contributed by atoms with van der Waals surface area (Å²) in [6, 6.07) is 14.0.